The van der Waals surface area contributed by atoms with Gasteiger partial charge in [-0.2, -0.15) is 5.26 Å². The standard InChI is InChI=1S/C19H19N3O2/c1-13-5-6-14(19(23)24)10-17(13)16-9-15(11-20)18(21-12-16)22-7-3-2-4-8-22/h5-6,9-10,12H,2-4,7-8H2,1H3,(H,23,24). The molecule has 0 spiro atoms. The van der Waals surface area contributed by atoms with Crippen LogP contribution < -0.4 is 4.90 Å². The van der Waals surface area contributed by atoms with Crippen LogP contribution in [0.5, 0.6) is 0 Å². The third-order valence-electron chi connectivity index (χ3n) is 4.44. The number of pyridine rings is 1. The fourth-order valence-corrected chi connectivity index (χ4v) is 3.11. The van der Waals surface area contributed by atoms with Crippen molar-refractivity contribution in [2.75, 3.05) is 18.0 Å². The van der Waals surface area contributed by atoms with E-state index in [-0.39, 0.29) is 5.56 Å². The van der Waals surface area contributed by atoms with E-state index >= 15 is 0 Å². The number of nitriles is 1. The molecule has 1 saturated heterocycles. The van der Waals surface area contributed by atoms with Gasteiger partial charge < -0.3 is 10.0 Å². The van der Waals surface area contributed by atoms with Crippen molar-refractivity contribution >= 4 is 11.8 Å². The highest BCUT2D eigenvalue weighted by Gasteiger charge is 2.17. The summed E-state index contributed by atoms with van der Waals surface area (Å²) in [5.41, 5.74) is 3.29. The van der Waals surface area contributed by atoms with Crippen LogP contribution in [0.2, 0.25) is 0 Å². The zero-order chi connectivity index (χ0) is 17.1. The second-order valence-electron chi connectivity index (χ2n) is 6.09. The zero-order valence-corrected chi connectivity index (χ0v) is 13.6. The van der Waals surface area contributed by atoms with Crippen LogP contribution in [0, 0.1) is 18.3 Å². The summed E-state index contributed by atoms with van der Waals surface area (Å²) in [6.45, 7) is 3.77. The largest absolute Gasteiger partial charge is 0.478 e. The molecule has 0 amide bonds. The maximum atomic E-state index is 11.2. The minimum atomic E-state index is -0.963. The first kappa shape index (κ1) is 16.0. The van der Waals surface area contributed by atoms with Gasteiger partial charge in [0, 0.05) is 24.8 Å². The number of hydrogen-bond acceptors (Lipinski definition) is 4. The predicted octanol–water partition coefficient (Wildman–Crippen LogP) is 3.62. The van der Waals surface area contributed by atoms with Gasteiger partial charge in [-0.25, -0.2) is 9.78 Å². The second kappa shape index (κ2) is 6.71. The molecular weight excluding hydrogens is 302 g/mol. The summed E-state index contributed by atoms with van der Waals surface area (Å²) < 4.78 is 0. The smallest absolute Gasteiger partial charge is 0.335 e. The molecule has 1 aromatic carbocycles. The van der Waals surface area contributed by atoms with Crippen molar-refractivity contribution in [2.24, 2.45) is 0 Å². The molecule has 0 atom stereocenters. The lowest BCUT2D eigenvalue weighted by molar-refractivity contribution is 0.0697. The van der Waals surface area contributed by atoms with Gasteiger partial charge in [-0.1, -0.05) is 6.07 Å². The van der Waals surface area contributed by atoms with Crippen molar-refractivity contribution in [3.63, 3.8) is 0 Å². The van der Waals surface area contributed by atoms with Gasteiger partial charge in [0.2, 0.25) is 0 Å². The number of carboxylic acids is 1. The minimum absolute atomic E-state index is 0.231. The van der Waals surface area contributed by atoms with E-state index in [9.17, 15) is 15.2 Å². The molecule has 2 aromatic rings. The van der Waals surface area contributed by atoms with E-state index in [0.29, 0.717) is 5.56 Å². The molecule has 1 aliphatic rings. The molecule has 5 heteroatoms. The normalized spacial score (nSPS) is 14.2. The molecule has 2 heterocycles. The highest BCUT2D eigenvalue weighted by Crippen LogP contribution is 2.29. The molecule has 1 N–H and O–H groups in total. The van der Waals surface area contributed by atoms with Crippen LogP contribution >= 0.6 is 0 Å². The molecule has 0 radical (unpaired) electrons. The Bertz CT molecular complexity index is 818. The Morgan fingerprint density at radius 3 is 2.67 bits per heavy atom. The van der Waals surface area contributed by atoms with Gasteiger partial charge in [-0.3, -0.25) is 0 Å². The average molecular weight is 321 g/mol. The Hall–Kier alpha value is -2.87. The molecule has 122 valence electrons. The van der Waals surface area contributed by atoms with Gasteiger partial charge in [0.1, 0.15) is 11.9 Å². The van der Waals surface area contributed by atoms with E-state index in [0.717, 1.165) is 48.4 Å². The Labute approximate surface area is 141 Å². The molecule has 0 aliphatic carbocycles. The van der Waals surface area contributed by atoms with E-state index < -0.39 is 5.97 Å². The topological polar surface area (TPSA) is 77.2 Å². The highest BCUT2D eigenvalue weighted by atomic mass is 16.4. The Kier molecular flexibility index (Phi) is 4.48. The molecule has 5 nitrogen and oxygen atoms in total. The average Bonchev–Trinajstić information content (AvgIpc) is 2.62. The number of hydrogen-bond donors (Lipinski definition) is 1. The van der Waals surface area contributed by atoms with Crippen molar-refractivity contribution in [1.29, 1.82) is 5.26 Å². The van der Waals surface area contributed by atoms with E-state index in [1.54, 1.807) is 24.4 Å². The summed E-state index contributed by atoms with van der Waals surface area (Å²) in [4.78, 5) is 17.9. The van der Waals surface area contributed by atoms with Crippen molar-refractivity contribution in [3.8, 4) is 17.2 Å². The number of aromatic nitrogens is 1. The third-order valence-corrected chi connectivity index (χ3v) is 4.44. The van der Waals surface area contributed by atoms with Crippen molar-refractivity contribution in [3.05, 3.63) is 47.2 Å². The lowest BCUT2D eigenvalue weighted by Gasteiger charge is -2.28. The van der Waals surface area contributed by atoms with Gasteiger partial charge in [0.05, 0.1) is 11.1 Å². The molecule has 1 fully saturated rings. The number of aryl methyl sites for hydroxylation is 1. The highest BCUT2D eigenvalue weighted by molar-refractivity contribution is 5.90. The molecule has 1 aliphatic heterocycles. The summed E-state index contributed by atoms with van der Waals surface area (Å²) in [6.07, 6.45) is 5.19. The van der Waals surface area contributed by atoms with Crippen LogP contribution in [0.15, 0.2) is 30.5 Å². The van der Waals surface area contributed by atoms with Crippen LogP contribution in [0.3, 0.4) is 0 Å². The molecule has 24 heavy (non-hydrogen) atoms. The van der Waals surface area contributed by atoms with Crippen LogP contribution in [-0.4, -0.2) is 29.1 Å². The SMILES string of the molecule is Cc1ccc(C(=O)O)cc1-c1cnc(N2CCCCC2)c(C#N)c1. The number of carbonyl (C=O) groups is 1. The number of piperidine rings is 1. The Morgan fingerprint density at radius 2 is 2.00 bits per heavy atom. The quantitative estimate of drug-likeness (QED) is 0.934. The van der Waals surface area contributed by atoms with Crippen molar-refractivity contribution in [2.45, 2.75) is 26.2 Å². The zero-order valence-electron chi connectivity index (χ0n) is 13.6. The minimum Gasteiger partial charge on any atom is -0.478 e. The van der Waals surface area contributed by atoms with Crippen LogP contribution in [0.1, 0.15) is 40.7 Å². The maximum absolute atomic E-state index is 11.2. The lowest BCUT2D eigenvalue weighted by atomic mass is 9.98. The fraction of sp³-hybridized carbons (Fsp3) is 0.316. The maximum Gasteiger partial charge on any atom is 0.335 e. The van der Waals surface area contributed by atoms with Gasteiger partial charge in [-0.15, -0.1) is 0 Å². The first-order valence-electron chi connectivity index (χ1n) is 8.09. The third kappa shape index (κ3) is 3.09. The fourth-order valence-electron chi connectivity index (χ4n) is 3.11. The number of rotatable bonds is 3. The van der Waals surface area contributed by atoms with E-state index in [1.807, 2.05) is 13.0 Å². The number of aromatic carboxylic acids is 1. The summed E-state index contributed by atoms with van der Waals surface area (Å²) in [5.74, 6) is -0.234. The van der Waals surface area contributed by atoms with Gasteiger partial charge in [-0.05, 0) is 55.5 Å². The van der Waals surface area contributed by atoms with Crippen LogP contribution in [0.25, 0.3) is 11.1 Å². The van der Waals surface area contributed by atoms with E-state index in [4.69, 9.17) is 0 Å². The first-order chi connectivity index (χ1) is 11.6. The van der Waals surface area contributed by atoms with E-state index in [2.05, 4.69) is 16.0 Å². The summed E-state index contributed by atoms with van der Waals surface area (Å²) >= 11 is 0. The molecule has 0 bridgehead atoms. The van der Waals surface area contributed by atoms with Crippen LogP contribution in [0.4, 0.5) is 5.82 Å². The summed E-state index contributed by atoms with van der Waals surface area (Å²) in [5, 5.41) is 18.7. The number of carboxylic acid groups (broad SMARTS) is 1. The molecule has 1 aromatic heterocycles. The molecular formula is C19H19N3O2. The summed E-state index contributed by atoms with van der Waals surface area (Å²) in [6, 6.07) is 9.05. The number of anilines is 1. The summed E-state index contributed by atoms with van der Waals surface area (Å²) in [7, 11) is 0. The van der Waals surface area contributed by atoms with Crippen molar-refractivity contribution in [1.82, 2.24) is 4.98 Å². The number of nitrogens with zero attached hydrogens (tertiary/aromatic N) is 3. The molecule has 0 unspecified atom stereocenters. The molecule has 3 rings (SSSR count). The Morgan fingerprint density at radius 1 is 1.25 bits per heavy atom. The first-order valence-corrected chi connectivity index (χ1v) is 8.09. The van der Waals surface area contributed by atoms with Crippen molar-refractivity contribution < 1.29 is 9.90 Å². The predicted molar refractivity (Wildman–Crippen MR) is 92.1 cm³/mol. The monoisotopic (exact) mass is 321 g/mol. The van der Waals surface area contributed by atoms with E-state index in [1.165, 1.54) is 6.42 Å². The van der Waals surface area contributed by atoms with Gasteiger partial charge in [0.15, 0.2) is 0 Å². The second-order valence-corrected chi connectivity index (χ2v) is 6.09. The van der Waals surface area contributed by atoms with Crippen LogP contribution in [-0.2, 0) is 0 Å². The number of benzene rings is 1. The lowest BCUT2D eigenvalue weighted by Crippen LogP contribution is -2.30. The molecule has 0 saturated carbocycles. The Balaban J connectivity index is 2.03. The van der Waals surface area contributed by atoms with Gasteiger partial charge in [0.25, 0.3) is 0 Å². The van der Waals surface area contributed by atoms with Gasteiger partial charge >= 0.3 is 5.97 Å².